The molecule has 1 N–H and O–H groups in total. The Morgan fingerprint density at radius 3 is 2.55 bits per heavy atom. The number of aromatic nitrogens is 2. The second-order valence-corrected chi connectivity index (χ2v) is 9.28. The van der Waals surface area contributed by atoms with Gasteiger partial charge in [-0.1, -0.05) is 24.4 Å². The largest absolute Gasteiger partial charge is 0.486 e. The van der Waals surface area contributed by atoms with E-state index < -0.39 is 5.82 Å². The van der Waals surface area contributed by atoms with Crippen molar-refractivity contribution in [2.24, 2.45) is 11.8 Å². The first kappa shape index (κ1) is 19.0. The number of nitrogens with one attached hydrogen (secondary N) is 1. The van der Waals surface area contributed by atoms with Crippen molar-refractivity contribution in [1.29, 1.82) is 0 Å². The maximum atomic E-state index is 15.0. The molecule has 0 saturated heterocycles. The first-order valence-corrected chi connectivity index (χ1v) is 11.1. The Labute approximate surface area is 174 Å². The van der Waals surface area contributed by atoms with Crippen molar-refractivity contribution in [3.63, 3.8) is 0 Å². The summed E-state index contributed by atoms with van der Waals surface area (Å²) in [5, 5.41) is 3.67. The number of ether oxygens (including phenoxy) is 1. The van der Waals surface area contributed by atoms with Crippen molar-refractivity contribution in [3.05, 3.63) is 33.5 Å². The third kappa shape index (κ3) is 3.35. The highest BCUT2D eigenvalue weighted by atomic mass is 35.5. The van der Waals surface area contributed by atoms with Gasteiger partial charge < -0.3 is 10.1 Å². The van der Waals surface area contributed by atoms with E-state index in [0.29, 0.717) is 35.6 Å². The average Bonchev–Trinajstić information content (AvgIpc) is 3.48. The molecule has 3 heterocycles. The van der Waals surface area contributed by atoms with E-state index in [1.165, 1.54) is 25.3 Å². The molecule has 1 aromatic heterocycles. The van der Waals surface area contributed by atoms with Gasteiger partial charge in [-0.15, -0.1) is 0 Å². The molecule has 1 saturated carbocycles. The lowest BCUT2D eigenvalue weighted by atomic mass is 9.95. The molecule has 1 aromatic carbocycles. The van der Waals surface area contributed by atoms with E-state index in [2.05, 4.69) is 5.32 Å². The van der Waals surface area contributed by atoms with Crippen molar-refractivity contribution in [2.75, 3.05) is 5.32 Å². The van der Waals surface area contributed by atoms with E-state index in [1.54, 1.807) is 10.7 Å². The van der Waals surface area contributed by atoms with Crippen LogP contribution in [-0.2, 0) is 13.1 Å². The van der Waals surface area contributed by atoms with Crippen LogP contribution in [-0.4, -0.2) is 21.5 Å². The normalized spacial score (nSPS) is 26.1. The number of halogens is 2. The minimum atomic E-state index is -0.487. The van der Waals surface area contributed by atoms with Gasteiger partial charge in [0.1, 0.15) is 22.8 Å². The van der Waals surface area contributed by atoms with Crippen molar-refractivity contribution in [1.82, 2.24) is 9.36 Å². The standard InChI is InChI=1S/C22H27ClFN3O2/c1-12-13(2)29-19-11-17(24)16(10-18(19)25-12)20-21(23)26-7-5-15(9-14-3-4-14)6-8-27(26)22(20)28/h10-15,25H,3-9H2,1-2H3. The zero-order valence-electron chi connectivity index (χ0n) is 16.9. The van der Waals surface area contributed by atoms with Gasteiger partial charge in [0.25, 0.3) is 5.56 Å². The van der Waals surface area contributed by atoms with Crippen LogP contribution in [0.3, 0.4) is 0 Å². The van der Waals surface area contributed by atoms with Crippen LogP contribution < -0.4 is 15.6 Å². The zero-order chi connectivity index (χ0) is 20.3. The Kier molecular flexibility index (Phi) is 4.65. The lowest BCUT2D eigenvalue weighted by molar-refractivity contribution is 0.193. The van der Waals surface area contributed by atoms with Gasteiger partial charge in [0.05, 0.1) is 17.3 Å². The first-order chi connectivity index (χ1) is 13.9. The summed E-state index contributed by atoms with van der Waals surface area (Å²) in [6.45, 7) is 5.29. The summed E-state index contributed by atoms with van der Waals surface area (Å²) < 4.78 is 24.3. The molecule has 1 aliphatic carbocycles. The predicted molar refractivity (Wildman–Crippen MR) is 112 cm³/mol. The molecule has 2 aliphatic heterocycles. The van der Waals surface area contributed by atoms with Crippen molar-refractivity contribution in [2.45, 2.75) is 71.2 Å². The first-order valence-electron chi connectivity index (χ1n) is 10.7. The molecule has 29 heavy (non-hydrogen) atoms. The molecular weight excluding hydrogens is 393 g/mol. The number of benzene rings is 1. The number of rotatable bonds is 3. The molecule has 3 unspecified atom stereocenters. The highest BCUT2D eigenvalue weighted by Gasteiger charge is 2.31. The third-order valence-electron chi connectivity index (χ3n) is 6.77. The highest BCUT2D eigenvalue weighted by molar-refractivity contribution is 6.32. The van der Waals surface area contributed by atoms with Crippen LogP contribution >= 0.6 is 11.6 Å². The topological polar surface area (TPSA) is 48.2 Å². The van der Waals surface area contributed by atoms with Crippen LogP contribution in [0.15, 0.2) is 16.9 Å². The zero-order valence-corrected chi connectivity index (χ0v) is 17.6. The van der Waals surface area contributed by atoms with Gasteiger partial charge in [-0.05, 0) is 51.0 Å². The Bertz CT molecular complexity index is 1010. The van der Waals surface area contributed by atoms with Gasteiger partial charge in [0.15, 0.2) is 0 Å². The van der Waals surface area contributed by atoms with E-state index in [1.807, 2.05) is 18.5 Å². The van der Waals surface area contributed by atoms with Crippen molar-refractivity contribution in [3.8, 4) is 16.9 Å². The maximum absolute atomic E-state index is 15.0. The van der Waals surface area contributed by atoms with E-state index in [0.717, 1.165) is 18.8 Å². The summed E-state index contributed by atoms with van der Waals surface area (Å²) in [6.07, 6.45) is 5.89. The van der Waals surface area contributed by atoms with Crippen molar-refractivity contribution < 1.29 is 9.13 Å². The molecule has 0 amide bonds. The van der Waals surface area contributed by atoms with Crippen LogP contribution in [0.1, 0.15) is 46.0 Å². The number of anilines is 1. The van der Waals surface area contributed by atoms with Crippen LogP contribution in [0, 0.1) is 17.7 Å². The SMILES string of the molecule is CC1Nc2cc(-c3c(Cl)n4n(c3=O)CCC(CC3CC3)CC4)c(F)cc2OC1C. The lowest BCUT2D eigenvalue weighted by Gasteiger charge is -2.31. The summed E-state index contributed by atoms with van der Waals surface area (Å²) in [5.74, 6) is 1.50. The molecular formula is C22H27ClFN3O2. The minimum Gasteiger partial charge on any atom is -0.486 e. The van der Waals surface area contributed by atoms with Gasteiger partial charge in [-0.2, -0.15) is 0 Å². The molecule has 5 nitrogen and oxygen atoms in total. The molecule has 0 radical (unpaired) electrons. The minimum absolute atomic E-state index is 0.0592. The summed E-state index contributed by atoms with van der Waals surface area (Å²) in [5.41, 5.74) is 0.970. The highest BCUT2D eigenvalue weighted by Crippen LogP contribution is 2.40. The number of nitrogens with zero attached hydrogens (tertiary/aromatic N) is 2. The smallest absolute Gasteiger partial charge is 0.276 e. The molecule has 156 valence electrons. The Morgan fingerprint density at radius 1 is 1.14 bits per heavy atom. The summed E-state index contributed by atoms with van der Waals surface area (Å²) in [7, 11) is 0. The Morgan fingerprint density at radius 2 is 1.83 bits per heavy atom. The molecule has 2 aromatic rings. The average molecular weight is 420 g/mol. The quantitative estimate of drug-likeness (QED) is 0.769. The van der Waals surface area contributed by atoms with E-state index in [9.17, 15) is 9.18 Å². The van der Waals surface area contributed by atoms with Crippen LogP contribution in [0.5, 0.6) is 5.75 Å². The second kappa shape index (κ2) is 7.08. The number of hydrogen-bond donors (Lipinski definition) is 1. The van der Waals surface area contributed by atoms with Crippen LogP contribution in [0.4, 0.5) is 10.1 Å². The third-order valence-corrected chi connectivity index (χ3v) is 7.16. The maximum Gasteiger partial charge on any atom is 0.276 e. The Hall–Kier alpha value is -1.95. The number of hydrogen-bond acceptors (Lipinski definition) is 3. The van der Waals surface area contributed by atoms with E-state index in [-0.39, 0.29) is 28.8 Å². The van der Waals surface area contributed by atoms with Crippen LogP contribution in [0.25, 0.3) is 11.1 Å². The molecule has 3 aliphatic rings. The van der Waals surface area contributed by atoms with Gasteiger partial charge >= 0.3 is 0 Å². The second-order valence-electron chi connectivity index (χ2n) is 8.92. The van der Waals surface area contributed by atoms with Gasteiger partial charge in [0, 0.05) is 24.7 Å². The summed E-state index contributed by atoms with van der Waals surface area (Å²) >= 11 is 6.65. The fraction of sp³-hybridized carbons (Fsp3) is 0.591. The molecule has 1 fully saturated rings. The lowest BCUT2D eigenvalue weighted by Crippen LogP contribution is -2.37. The van der Waals surface area contributed by atoms with E-state index in [4.69, 9.17) is 16.3 Å². The monoisotopic (exact) mass is 419 g/mol. The van der Waals surface area contributed by atoms with Crippen LogP contribution in [0.2, 0.25) is 5.15 Å². The fourth-order valence-corrected chi connectivity index (χ4v) is 5.02. The molecule has 5 rings (SSSR count). The number of fused-ring (bicyclic) bond motifs is 2. The van der Waals surface area contributed by atoms with E-state index >= 15 is 0 Å². The predicted octanol–water partition coefficient (Wildman–Crippen LogP) is 4.90. The molecule has 3 atom stereocenters. The molecule has 0 spiro atoms. The molecule has 0 bridgehead atoms. The van der Waals surface area contributed by atoms with Gasteiger partial charge in [-0.3, -0.25) is 9.48 Å². The Balaban J connectivity index is 1.50. The van der Waals surface area contributed by atoms with Gasteiger partial charge in [-0.25, -0.2) is 9.07 Å². The summed E-state index contributed by atoms with van der Waals surface area (Å²) in [4.78, 5) is 13.2. The summed E-state index contributed by atoms with van der Waals surface area (Å²) in [6, 6.07) is 3.10. The fourth-order valence-electron chi connectivity index (χ4n) is 4.67. The van der Waals surface area contributed by atoms with Crippen molar-refractivity contribution >= 4 is 17.3 Å². The molecule has 7 heteroatoms. The van der Waals surface area contributed by atoms with Gasteiger partial charge in [0.2, 0.25) is 0 Å².